The monoisotopic (exact) mass is 544 g/mol. The van der Waals surface area contributed by atoms with Gasteiger partial charge in [0.15, 0.2) is 5.75 Å². The molecule has 0 unspecified atom stereocenters. The highest BCUT2D eigenvalue weighted by molar-refractivity contribution is 7.92. The lowest BCUT2D eigenvalue weighted by molar-refractivity contribution is 0.172. The first-order chi connectivity index (χ1) is 17.5. The van der Waals surface area contributed by atoms with E-state index in [1.165, 1.54) is 43.3 Å². The number of carbonyl (C=O) groups excluding carboxylic acids is 1. The first-order valence-electron chi connectivity index (χ1n) is 11.0. The van der Waals surface area contributed by atoms with Crippen molar-refractivity contribution in [2.24, 2.45) is 0 Å². The second-order valence-corrected chi connectivity index (χ2v) is 10.5. The van der Waals surface area contributed by atoms with Crippen molar-refractivity contribution in [1.82, 2.24) is 4.90 Å². The Morgan fingerprint density at radius 1 is 1.11 bits per heavy atom. The van der Waals surface area contributed by atoms with Crippen LogP contribution < -0.4 is 15.1 Å². The molecule has 1 N–H and O–H groups in total. The topological polar surface area (TPSA) is 106 Å². The molecule has 0 aliphatic heterocycles. The van der Waals surface area contributed by atoms with Gasteiger partial charge in [0, 0.05) is 43.2 Å². The number of aryl methyl sites for hydroxylation is 1. The molecule has 0 atom stereocenters. The molecule has 4 aromatic rings. The molecule has 11 heteroatoms. The minimum absolute atomic E-state index is 0.0206. The first kappa shape index (κ1) is 26.2. The fourth-order valence-corrected chi connectivity index (χ4v) is 5.03. The van der Waals surface area contributed by atoms with Gasteiger partial charge in [-0.15, -0.1) is 0 Å². The Morgan fingerprint density at radius 3 is 2.49 bits per heavy atom. The minimum Gasteiger partial charge on any atom is -0.422 e. The molecule has 0 saturated carbocycles. The summed E-state index contributed by atoms with van der Waals surface area (Å²) in [4.78, 5) is 25.4. The van der Waals surface area contributed by atoms with Crippen molar-refractivity contribution < 1.29 is 26.8 Å². The van der Waals surface area contributed by atoms with Crippen molar-refractivity contribution in [2.75, 3.05) is 18.8 Å². The second kappa shape index (κ2) is 10.2. The third-order valence-corrected chi connectivity index (χ3v) is 7.29. The van der Waals surface area contributed by atoms with Gasteiger partial charge in [-0.3, -0.25) is 4.72 Å². The molecule has 0 fully saturated rings. The van der Waals surface area contributed by atoms with E-state index in [0.717, 1.165) is 6.07 Å². The van der Waals surface area contributed by atoms with Crippen LogP contribution in [0, 0.1) is 12.7 Å². The molecule has 0 bridgehead atoms. The molecule has 1 heterocycles. The van der Waals surface area contributed by atoms with Crippen LogP contribution in [0.1, 0.15) is 16.7 Å². The predicted molar refractivity (Wildman–Crippen MR) is 138 cm³/mol. The van der Waals surface area contributed by atoms with Crippen LogP contribution in [0.4, 0.5) is 14.9 Å². The average molecular weight is 545 g/mol. The number of nitrogens with zero attached hydrogens (tertiary/aromatic N) is 1. The highest BCUT2D eigenvalue weighted by Crippen LogP contribution is 2.33. The van der Waals surface area contributed by atoms with Crippen molar-refractivity contribution in [3.05, 3.63) is 98.6 Å². The van der Waals surface area contributed by atoms with Crippen molar-refractivity contribution in [2.45, 2.75) is 18.2 Å². The molecule has 0 saturated heterocycles. The molecule has 0 spiro atoms. The number of rotatable bonds is 6. The third kappa shape index (κ3) is 5.60. The fraction of sp³-hybridized carbons (Fsp3) is 0.154. The van der Waals surface area contributed by atoms with Crippen LogP contribution in [0.15, 0.2) is 74.8 Å². The van der Waals surface area contributed by atoms with Gasteiger partial charge in [-0.2, -0.15) is 0 Å². The Kier molecular flexibility index (Phi) is 7.24. The Hall–Kier alpha value is -3.89. The zero-order valence-corrected chi connectivity index (χ0v) is 21.6. The number of benzene rings is 3. The Bertz CT molecular complexity index is 1670. The number of halogens is 2. The van der Waals surface area contributed by atoms with Crippen LogP contribution >= 0.6 is 11.6 Å². The summed E-state index contributed by atoms with van der Waals surface area (Å²) in [7, 11) is -1.21. The SMILES string of the molecule is Cc1c(Cc2ccc(F)c(S(=O)(=O)Nc3ccccc3)c2)c(=O)oc2cc(OC(=O)N(C)C)c(Cl)cc12. The number of hydrogen-bond acceptors (Lipinski definition) is 6. The molecule has 8 nitrogen and oxygen atoms in total. The highest BCUT2D eigenvalue weighted by atomic mass is 35.5. The van der Waals surface area contributed by atoms with Crippen LogP contribution in [0.2, 0.25) is 5.02 Å². The average Bonchev–Trinajstić information content (AvgIpc) is 2.84. The van der Waals surface area contributed by atoms with Gasteiger partial charge in [0.1, 0.15) is 16.3 Å². The van der Waals surface area contributed by atoms with Gasteiger partial charge >= 0.3 is 11.7 Å². The second-order valence-electron chi connectivity index (χ2n) is 8.45. The van der Waals surface area contributed by atoms with Crippen LogP contribution in [0.25, 0.3) is 11.0 Å². The lowest BCUT2D eigenvalue weighted by atomic mass is 9.99. The normalized spacial score (nSPS) is 11.4. The first-order valence-corrected chi connectivity index (χ1v) is 12.8. The van der Waals surface area contributed by atoms with Crippen LogP contribution in [-0.4, -0.2) is 33.5 Å². The summed E-state index contributed by atoms with van der Waals surface area (Å²) < 4.78 is 53.2. The van der Waals surface area contributed by atoms with Crippen LogP contribution in [0.5, 0.6) is 5.75 Å². The summed E-state index contributed by atoms with van der Waals surface area (Å²) in [6.07, 6.45) is -0.673. The van der Waals surface area contributed by atoms with E-state index in [0.29, 0.717) is 16.5 Å². The molecule has 1 aromatic heterocycles. The maximum Gasteiger partial charge on any atom is 0.414 e. The predicted octanol–water partition coefficient (Wildman–Crippen LogP) is 5.35. The zero-order valence-electron chi connectivity index (χ0n) is 20.0. The molecule has 0 aliphatic rings. The van der Waals surface area contributed by atoms with E-state index in [1.807, 2.05) is 0 Å². The quantitative estimate of drug-likeness (QED) is 0.328. The van der Waals surface area contributed by atoms with Gasteiger partial charge in [-0.05, 0) is 48.4 Å². The number of nitrogens with one attached hydrogen (secondary N) is 1. The lowest BCUT2D eigenvalue weighted by Crippen LogP contribution is -2.25. The summed E-state index contributed by atoms with van der Waals surface area (Å²) in [6.45, 7) is 1.69. The van der Waals surface area contributed by atoms with Gasteiger partial charge in [0.05, 0.1) is 5.02 Å². The summed E-state index contributed by atoms with van der Waals surface area (Å²) in [5, 5.41) is 0.637. The van der Waals surface area contributed by atoms with Crippen LogP contribution in [0.3, 0.4) is 0 Å². The van der Waals surface area contributed by atoms with Crippen LogP contribution in [-0.2, 0) is 16.4 Å². The van der Waals surface area contributed by atoms with Gasteiger partial charge in [-0.25, -0.2) is 22.4 Å². The number of para-hydroxylation sites is 1. The van der Waals surface area contributed by atoms with Gasteiger partial charge in [-0.1, -0.05) is 35.9 Å². The van der Waals surface area contributed by atoms with Gasteiger partial charge in [0.25, 0.3) is 10.0 Å². The number of hydrogen-bond donors (Lipinski definition) is 1. The van der Waals surface area contributed by atoms with Gasteiger partial charge in [0.2, 0.25) is 0 Å². The largest absolute Gasteiger partial charge is 0.422 e. The van der Waals surface area contributed by atoms with E-state index >= 15 is 0 Å². The molecular weight excluding hydrogens is 523 g/mol. The van der Waals surface area contributed by atoms with E-state index in [2.05, 4.69) is 4.72 Å². The molecule has 0 radical (unpaired) electrons. The molecular formula is C26H22ClFN2O6S. The summed E-state index contributed by atoms with van der Waals surface area (Å²) in [5.74, 6) is -0.900. The standard InChI is InChI=1S/C26H22ClFN2O6S/c1-15-18-13-20(27)23(36-26(32)30(2)3)14-22(18)35-25(31)19(15)11-16-9-10-21(28)24(12-16)37(33,34)29-17-7-5-4-6-8-17/h4-10,12-14,29H,11H2,1-3H3. The third-order valence-electron chi connectivity index (χ3n) is 5.59. The molecule has 0 aliphatic carbocycles. The zero-order chi connectivity index (χ0) is 26.9. The highest BCUT2D eigenvalue weighted by Gasteiger charge is 2.22. The number of anilines is 1. The number of amides is 1. The van der Waals surface area contributed by atoms with Crippen molar-refractivity contribution in [3.63, 3.8) is 0 Å². The smallest absolute Gasteiger partial charge is 0.414 e. The number of fused-ring (bicyclic) bond motifs is 1. The Morgan fingerprint density at radius 2 is 1.81 bits per heavy atom. The summed E-state index contributed by atoms with van der Waals surface area (Å²) in [6, 6.07) is 14.6. The molecule has 192 valence electrons. The van der Waals surface area contributed by atoms with E-state index in [9.17, 15) is 22.4 Å². The maximum absolute atomic E-state index is 14.5. The lowest BCUT2D eigenvalue weighted by Gasteiger charge is -2.14. The number of ether oxygens (including phenoxy) is 1. The molecule has 37 heavy (non-hydrogen) atoms. The minimum atomic E-state index is -4.23. The van der Waals surface area contributed by atoms with E-state index in [-0.39, 0.29) is 34.0 Å². The maximum atomic E-state index is 14.5. The summed E-state index contributed by atoms with van der Waals surface area (Å²) in [5.41, 5.74) is 0.931. The van der Waals surface area contributed by atoms with E-state index in [1.54, 1.807) is 37.3 Å². The molecule has 4 rings (SSSR count). The van der Waals surface area contributed by atoms with E-state index < -0.39 is 32.5 Å². The Labute approximate surface area is 217 Å². The number of sulfonamides is 1. The van der Waals surface area contributed by atoms with Gasteiger partial charge < -0.3 is 14.1 Å². The number of carbonyl (C=O) groups is 1. The van der Waals surface area contributed by atoms with Crippen molar-refractivity contribution in [3.8, 4) is 5.75 Å². The Balaban J connectivity index is 1.70. The molecule has 1 amide bonds. The fourth-order valence-electron chi connectivity index (χ4n) is 3.64. The van der Waals surface area contributed by atoms with Crippen molar-refractivity contribution >= 4 is 44.4 Å². The van der Waals surface area contributed by atoms with Crippen molar-refractivity contribution in [1.29, 1.82) is 0 Å². The van der Waals surface area contributed by atoms with E-state index in [4.69, 9.17) is 20.8 Å². The summed E-state index contributed by atoms with van der Waals surface area (Å²) >= 11 is 6.30. The molecule has 3 aromatic carbocycles.